The molecule has 1 saturated carbocycles. The van der Waals surface area contributed by atoms with Gasteiger partial charge in [0.2, 0.25) is 0 Å². The first kappa shape index (κ1) is 14.4. The molecule has 1 amide bonds. The summed E-state index contributed by atoms with van der Waals surface area (Å²) >= 11 is 1.17. The zero-order valence-corrected chi connectivity index (χ0v) is 12.4. The highest BCUT2D eigenvalue weighted by molar-refractivity contribution is 7.08. The number of nitrogens with two attached hydrogens (primary N) is 1. The first-order valence-corrected chi connectivity index (χ1v) is 7.74. The molecule has 1 aromatic heterocycles. The van der Waals surface area contributed by atoms with Crippen LogP contribution in [0.2, 0.25) is 0 Å². The van der Waals surface area contributed by atoms with Gasteiger partial charge < -0.3 is 11.1 Å². The van der Waals surface area contributed by atoms with Gasteiger partial charge >= 0.3 is 0 Å². The molecule has 1 aromatic rings. The van der Waals surface area contributed by atoms with Crippen molar-refractivity contribution in [3.8, 4) is 0 Å². The van der Waals surface area contributed by atoms with Crippen molar-refractivity contribution in [3.63, 3.8) is 0 Å². The quantitative estimate of drug-likeness (QED) is 0.881. The molecule has 19 heavy (non-hydrogen) atoms. The van der Waals surface area contributed by atoms with Crippen molar-refractivity contribution in [2.24, 2.45) is 11.7 Å². The summed E-state index contributed by atoms with van der Waals surface area (Å²) in [6.07, 6.45) is 5.16. The van der Waals surface area contributed by atoms with Gasteiger partial charge in [-0.25, -0.2) is 0 Å². The van der Waals surface area contributed by atoms with E-state index in [9.17, 15) is 4.79 Å². The lowest BCUT2D eigenvalue weighted by Gasteiger charge is -2.42. The summed E-state index contributed by atoms with van der Waals surface area (Å²) in [5, 5.41) is 7.17. The summed E-state index contributed by atoms with van der Waals surface area (Å²) in [5.41, 5.74) is 6.47. The highest BCUT2D eigenvalue weighted by atomic mass is 32.1. The molecule has 0 aliphatic heterocycles. The molecule has 2 unspecified atom stereocenters. The van der Waals surface area contributed by atoms with E-state index in [1.807, 2.05) is 6.92 Å². The Morgan fingerprint density at radius 2 is 2.37 bits per heavy atom. The van der Waals surface area contributed by atoms with Crippen LogP contribution >= 0.6 is 11.5 Å². The standard InChI is InChI=1S/C13H22N4OS/c1-3-10-11(19-17-16-10)12(18)15-13(8-14)7-5-4-6-9(13)2/h9H,3-8,14H2,1-2H3,(H,15,18). The van der Waals surface area contributed by atoms with Gasteiger partial charge in [-0.2, -0.15) is 0 Å². The maximum absolute atomic E-state index is 12.4. The fourth-order valence-electron chi connectivity index (χ4n) is 2.85. The van der Waals surface area contributed by atoms with Gasteiger partial charge in [-0.3, -0.25) is 4.79 Å². The number of aromatic nitrogens is 2. The van der Waals surface area contributed by atoms with E-state index in [0.717, 1.165) is 31.4 Å². The van der Waals surface area contributed by atoms with Crippen LogP contribution in [0.15, 0.2) is 0 Å². The van der Waals surface area contributed by atoms with Crippen LogP contribution in [0.5, 0.6) is 0 Å². The summed E-state index contributed by atoms with van der Waals surface area (Å²) in [4.78, 5) is 13.1. The molecule has 106 valence electrons. The lowest BCUT2D eigenvalue weighted by atomic mass is 9.73. The second kappa shape index (κ2) is 5.96. The second-order valence-corrected chi connectivity index (χ2v) is 6.12. The lowest BCUT2D eigenvalue weighted by Crippen LogP contribution is -2.59. The van der Waals surface area contributed by atoms with Crippen LogP contribution in [0.25, 0.3) is 0 Å². The molecule has 1 fully saturated rings. The maximum Gasteiger partial charge on any atom is 0.265 e. The van der Waals surface area contributed by atoms with Crippen molar-refractivity contribution < 1.29 is 4.79 Å². The van der Waals surface area contributed by atoms with Gasteiger partial charge in [-0.15, -0.1) is 5.10 Å². The summed E-state index contributed by atoms with van der Waals surface area (Å²) in [5.74, 6) is 0.354. The van der Waals surface area contributed by atoms with Crippen LogP contribution < -0.4 is 11.1 Å². The summed E-state index contributed by atoms with van der Waals surface area (Å²) in [6.45, 7) is 4.65. The average molecular weight is 282 g/mol. The van der Waals surface area contributed by atoms with Crippen molar-refractivity contribution >= 4 is 17.4 Å². The van der Waals surface area contributed by atoms with Crippen LogP contribution in [0, 0.1) is 5.92 Å². The molecular weight excluding hydrogens is 260 g/mol. The summed E-state index contributed by atoms with van der Waals surface area (Å²) < 4.78 is 3.87. The Labute approximate surface area is 118 Å². The second-order valence-electron chi connectivity index (χ2n) is 5.36. The molecule has 3 N–H and O–H groups in total. The van der Waals surface area contributed by atoms with Gasteiger partial charge in [0, 0.05) is 6.54 Å². The maximum atomic E-state index is 12.4. The number of rotatable bonds is 4. The number of nitrogens with zero attached hydrogens (tertiary/aromatic N) is 2. The van der Waals surface area contributed by atoms with Gasteiger partial charge in [-0.05, 0) is 36.7 Å². The molecule has 5 nitrogen and oxygen atoms in total. The number of amides is 1. The minimum Gasteiger partial charge on any atom is -0.344 e. The number of aryl methyl sites for hydroxylation is 1. The molecule has 2 atom stereocenters. The van der Waals surface area contributed by atoms with Crippen molar-refractivity contribution in [3.05, 3.63) is 10.6 Å². The van der Waals surface area contributed by atoms with E-state index in [1.54, 1.807) is 0 Å². The Balaban J connectivity index is 2.16. The molecule has 0 spiro atoms. The van der Waals surface area contributed by atoms with Crippen molar-refractivity contribution in [1.82, 2.24) is 14.9 Å². The van der Waals surface area contributed by atoms with Crippen molar-refractivity contribution in [1.29, 1.82) is 0 Å². The predicted molar refractivity (Wildman–Crippen MR) is 76.2 cm³/mol. The molecule has 0 saturated heterocycles. The molecule has 0 aromatic carbocycles. The first-order chi connectivity index (χ1) is 9.13. The first-order valence-electron chi connectivity index (χ1n) is 6.96. The number of carbonyl (C=O) groups is 1. The van der Waals surface area contributed by atoms with E-state index >= 15 is 0 Å². The molecule has 2 rings (SSSR count). The Kier molecular flexibility index (Phi) is 4.52. The zero-order valence-electron chi connectivity index (χ0n) is 11.6. The number of hydrogen-bond acceptors (Lipinski definition) is 5. The Morgan fingerprint density at radius 1 is 1.58 bits per heavy atom. The van der Waals surface area contributed by atoms with Crippen LogP contribution in [0.3, 0.4) is 0 Å². The fourth-order valence-corrected chi connectivity index (χ4v) is 3.49. The SMILES string of the molecule is CCc1nnsc1C(=O)NC1(CN)CCCCC1C. The van der Waals surface area contributed by atoms with E-state index < -0.39 is 0 Å². The molecule has 1 heterocycles. The third kappa shape index (κ3) is 2.79. The average Bonchev–Trinajstić information content (AvgIpc) is 2.90. The third-order valence-corrected chi connectivity index (χ3v) is 5.04. The highest BCUT2D eigenvalue weighted by Crippen LogP contribution is 2.33. The Bertz CT molecular complexity index is 448. The molecule has 1 aliphatic carbocycles. The minimum atomic E-state index is -0.260. The molecule has 0 bridgehead atoms. The van der Waals surface area contributed by atoms with Crippen LogP contribution in [-0.2, 0) is 6.42 Å². The van der Waals surface area contributed by atoms with Crippen molar-refractivity contribution in [2.45, 2.75) is 51.5 Å². The Hall–Kier alpha value is -1.01. The van der Waals surface area contributed by atoms with Crippen LogP contribution in [0.1, 0.15) is 54.9 Å². The normalized spacial score (nSPS) is 27.2. The van der Waals surface area contributed by atoms with E-state index in [1.165, 1.54) is 18.0 Å². The van der Waals surface area contributed by atoms with Gasteiger partial charge in [0.15, 0.2) is 0 Å². The topological polar surface area (TPSA) is 80.9 Å². The molecule has 1 aliphatic rings. The number of nitrogens with one attached hydrogen (secondary N) is 1. The smallest absolute Gasteiger partial charge is 0.265 e. The van der Waals surface area contributed by atoms with E-state index in [2.05, 4.69) is 21.8 Å². The largest absolute Gasteiger partial charge is 0.344 e. The molecule has 0 radical (unpaired) electrons. The monoisotopic (exact) mass is 282 g/mol. The third-order valence-electron chi connectivity index (χ3n) is 4.28. The minimum absolute atomic E-state index is 0.0638. The van der Waals surface area contributed by atoms with E-state index in [-0.39, 0.29) is 11.4 Å². The summed E-state index contributed by atoms with van der Waals surface area (Å²) in [7, 11) is 0. The van der Waals surface area contributed by atoms with Gasteiger partial charge in [-0.1, -0.05) is 31.2 Å². The fraction of sp³-hybridized carbons (Fsp3) is 0.769. The summed E-state index contributed by atoms with van der Waals surface area (Å²) in [6, 6.07) is 0. The predicted octanol–water partition coefficient (Wildman–Crippen LogP) is 1.74. The van der Waals surface area contributed by atoms with Gasteiger partial charge in [0.25, 0.3) is 5.91 Å². The number of hydrogen-bond donors (Lipinski definition) is 2. The van der Waals surface area contributed by atoms with Gasteiger partial charge in [0.1, 0.15) is 4.88 Å². The van der Waals surface area contributed by atoms with E-state index in [0.29, 0.717) is 17.3 Å². The van der Waals surface area contributed by atoms with Crippen molar-refractivity contribution in [2.75, 3.05) is 6.54 Å². The molecular formula is C13H22N4OS. The van der Waals surface area contributed by atoms with Crippen LogP contribution in [0.4, 0.5) is 0 Å². The highest BCUT2D eigenvalue weighted by Gasteiger charge is 2.39. The van der Waals surface area contributed by atoms with E-state index in [4.69, 9.17) is 5.73 Å². The zero-order chi connectivity index (χ0) is 13.9. The van der Waals surface area contributed by atoms with Crippen LogP contribution in [-0.4, -0.2) is 27.6 Å². The molecule has 6 heteroatoms. The Morgan fingerprint density at radius 3 is 3.00 bits per heavy atom. The van der Waals surface area contributed by atoms with Gasteiger partial charge in [0.05, 0.1) is 11.2 Å². The lowest BCUT2D eigenvalue weighted by molar-refractivity contribution is 0.0816. The number of carbonyl (C=O) groups excluding carboxylic acids is 1.